The summed E-state index contributed by atoms with van der Waals surface area (Å²) in [4.78, 5) is 26.3. The number of esters is 1. The molecule has 1 amide bonds. The third-order valence-corrected chi connectivity index (χ3v) is 6.15. The lowest BCUT2D eigenvalue weighted by Gasteiger charge is -2.32. The smallest absolute Gasteiger partial charge is 0.461 e. The molecule has 9 heteroatoms. The van der Waals surface area contributed by atoms with Crippen LogP contribution in [0, 0.1) is 11.3 Å². The van der Waals surface area contributed by atoms with Gasteiger partial charge in [0.1, 0.15) is 12.2 Å². The maximum absolute atomic E-state index is 13.3. The van der Waals surface area contributed by atoms with Crippen LogP contribution in [0.4, 0.5) is 16.2 Å². The van der Waals surface area contributed by atoms with E-state index in [-0.39, 0.29) is 6.61 Å². The fourth-order valence-corrected chi connectivity index (χ4v) is 3.59. The number of carbonyl (C=O) groups is 2. The van der Waals surface area contributed by atoms with E-state index in [0.29, 0.717) is 28.0 Å². The van der Waals surface area contributed by atoms with Gasteiger partial charge in [-0.25, -0.2) is 9.69 Å². The van der Waals surface area contributed by atoms with Gasteiger partial charge in [-0.2, -0.15) is 5.26 Å². The predicted octanol–water partition coefficient (Wildman–Crippen LogP) is 4.99. The van der Waals surface area contributed by atoms with E-state index in [9.17, 15) is 14.9 Å². The lowest BCUT2D eigenvalue weighted by Crippen LogP contribution is -2.41. The summed E-state index contributed by atoms with van der Waals surface area (Å²) in [6.07, 6.45) is -0.589. The van der Waals surface area contributed by atoms with Gasteiger partial charge in [0.15, 0.2) is 0 Å². The van der Waals surface area contributed by atoms with Crippen LogP contribution in [0.3, 0.4) is 0 Å². The summed E-state index contributed by atoms with van der Waals surface area (Å²) in [5.41, 5.74) is 0.965. The highest BCUT2D eigenvalue weighted by atomic mass is 16.7. The van der Waals surface area contributed by atoms with Gasteiger partial charge in [0.25, 0.3) is 0 Å². The largest absolute Gasteiger partial charge is 0.495 e. The molecule has 3 rings (SSSR count). The Bertz CT molecular complexity index is 1160. The minimum absolute atomic E-state index is 0.0297. The Morgan fingerprint density at radius 2 is 1.56 bits per heavy atom. The van der Waals surface area contributed by atoms with E-state index >= 15 is 0 Å². The topological polar surface area (TPSA) is 98.1 Å². The first-order valence-electron chi connectivity index (χ1n) is 11.8. The summed E-state index contributed by atoms with van der Waals surface area (Å²) < 4.78 is 23.4. The Labute approximate surface area is 213 Å². The van der Waals surface area contributed by atoms with Gasteiger partial charge in [0.2, 0.25) is 0 Å². The van der Waals surface area contributed by atoms with Crippen molar-refractivity contribution in [3.05, 3.63) is 53.6 Å². The highest BCUT2D eigenvalue weighted by Gasteiger charge is 2.52. The first-order chi connectivity index (χ1) is 16.6. The minimum atomic E-state index is -0.731. The molecular formula is C27H33BN2O6. The van der Waals surface area contributed by atoms with Crippen molar-refractivity contribution >= 4 is 36.0 Å². The molecule has 190 valence electrons. The maximum atomic E-state index is 13.3. The van der Waals surface area contributed by atoms with Gasteiger partial charge in [-0.1, -0.05) is 6.07 Å². The number of amides is 1. The monoisotopic (exact) mass is 492 g/mol. The average Bonchev–Trinajstić information content (AvgIpc) is 2.98. The first-order valence-corrected chi connectivity index (χ1v) is 11.8. The summed E-state index contributed by atoms with van der Waals surface area (Å²) in [7, 11) is -0.681. The number of ether oxygens (including phenoxy) is 2. The van der Waals surface area contributed by atoms with Crippen LogP contribution in [0.15, 0.2) is 42.5 Å². The summed E-state index contributed by atoms with van der Waals surface area (Å²) in [6, 6.07) is 14.0. The minimum Gasteiger partial charge on any atom is -0.461 e. The Hall–Kier alpha value is -3.35. The molecule has 1 heterocycles. The van der Waals surface area contributed by atoms with E-state index in [0.717, 1.165) is 0 Å². The van der Waals surface area contributed by atoms with E-state index in [1.54, 1.807) is 63.2 Å². The molecule has 0 radical (unpaired) electrons. The number of benzene rings is 2. The molecular weight excluding hydrogens is 459 g/mol. The highest BCUT2D eigenvalue weighted by molar-refractivity contribution is 6.62. The van der Waals surface area contributed by atoms with Crippen molar-refractivity contribution in [2.45, 2.75) is 78.8 Å². The SMILES string of the molecule is CC(=O)OCc1cc(N(C(=O)OC(C)(C)C)c2ccc(C#N)cc2)ccc1B1OC(C)(C)C(C)(C)O1. The molecule has 0 aromatic heterocycles. The Morgan fingerprint density at radius 1 is 1.00 bits per heavy atom. The van der Waals surface area contributed by atoms with E-state index in [1.165, 1.54) is 11.8 Å². The lowest BCUT2D eigenvalue weighted by atomic mass is 9.76. The molecule has 0 atom stereocenters. The van der Waals surface area contributed by atoms with Crippen LogP contribution in [-0.4, -0.2) is 36.0 Å². The summed E-state index contributed by atoms with van der Waals surface area (Å²) >= 11 is 0. The number of anilines is 2. The van der Waals surface area contributed by atoms with Gasteiger partial charge in [0.05, 0.1) is 34.2 Å². The second kappa shape index (κ2) is 9.96. The molecule has 1 aliphatic rings. The second-order valence-corrected chi connectivity index (χ2v) is 10.7. The molecule has 2 aromatic carbocycles. The molecule has 2 aromatic rings. The first kappa shape index (κ1) is 27.2. The Kier molecular flexibility index (Phi) is 7.54. The van der Waals surface area contributed by atoms with Crippen molar-refractivity contribution in [3.63, 3.8) is 0 Å². The molecule has 0 aliphatic carbocycles. The summed E-state index contributed by atoms with van der Waals surface area (Å²) in [5, 5.41) is 9.17. The van der Waals surface area contributed by atoms with Gasteiger partial charge in [-0.15, -0.1) is 0 Å². The molecule has 0 saturated carbocycles. The molecule has 0 spiro atoms. The van der Waals surface area contributed by atoms with Gasteiger partial charge in [0, 0.05) is 6.92 Å². The molecule has 8 nitrogen and oxygen atoms in total. The Balaban J connectivity index is 2.09. The molecule has 0 bridgehead atoms. The summed E-state index contributed by atoms with van der Waals surface area (Å²) in [5.74, 6) is -0.434. The van der Waals surface area contributed by atoms with Crippen molar-refractivity contribution in [1.29, 1.82) is 5.26 Å². The zero-order chi connectivity index (χ0) is 26.9. The molecule has 0 N–H and O–H groups in total. The van der Waals surface area contributed by atoms with Crippen molar-refractivity contribution in [2.75, 3.05) is 4.90 Å². The van der Waals surface area contributed by atoms with Crippen molar-refractivity contribution in [3.8, 4) is 6.07 Å². The number of carbonyl (C=O) groups excluding carboxylic acids is 2. The van der Waals surface area contributed by atoms with Crippen molar-refractivity contribution < 1.29 is 28.4 Å². The third kappa shape index (κ3) is 6.07. The fourth-order valence-electron chi connectivity index (χ4n) is 3.59. The van der Waals surface area contributed by atoms with Crippen LogP contribution in [-0.2, 0) is 30.2 Å². The number of hydrogen-bond donors (Lipinski definition) is 0. The zero-order valence-corrected chi connectivity index (χ0v) is 22.2. The standard InChI is InChI=1S/C27H33BN2O6/c1-18(31)33-17-20-15-22(13-14-23(20)28-35-26(5,6)27(7,8)36-28)30(24(32)34-25(2,3)4)21-11-9-19(16-29)10-12-21/h9-15H,17H2,1-8H3. The van der Waals surface area contributed by atoms with Crippen LogP contribution < -0.4 is 10.4 Å². The maximum Gasteiger partial charge on any atom is 0.495 e. The lowest BCUT2D eigenvalue weighted by molar-refractivity contribution is -0.142. The number of nitriles is 1. The van der Waals surface area contributed by atoms with E-state index in [2.05, 4.69) is 6.07 Å². The van der Waals surface area contributed by atoms with E-state index in [1.807, 2.05) is 27.7 Å². The van der Waals surface area contributed by atoms with Crippen LogP contribution in [0.2, 0.25) is 0 Å². The normalized spacial score (nSPS) is 16.2. The van der Waals surface area contributed by atoms with Crippen LogP contribution in [0.5, 0.6) is 0 Å². The van der Waals surface area contributed by atoms with Crippen molar-refractivity contribution in [2.24, 2.45) is 0 Å². The van der Waals surface area contributed by atoms with Crippen LogP contribution in [0.25, 0.3) is 0 Å². The van der Waals surface area contributed by atoms with E-state index < -0.39 is 36.0 Å². The van der Waals surface area contributed by atoms with Crippen LogP contribution in [0.1, 0.15) is 66.5 Å². The van der Waals surface area contributed by atoms with E-state index in [4.69, 9.17) is 18.8 Å². The predicted molar refractivity (Wildman–Crippen MR) is 137 cm³/mol. The Morgan fingerprint density at radius 3 is 2.06 bits per heavy atom. The molecule has 36 heavy (non-hydrogen) atoms. The molecule has 1 aliphatic heterocycles. The molecule has 1 fully saturated rings. The van der Waals surface area contributed by atoms with Gasteiger partial charge in [-0.05, 0) is 95.9 Å². The highest BCUT2D eigenvalue weighted by Crippen LogP contribution is 2.37. The third-order valence-electron chi connectivity index (χ3n) is 6.15. The number of hydrogen-bond acceptors (Lipinski definition) is 7. The average molecular weight is 492 g/mol. The fraction of sp³-hybridized carbons (Fsp3) is 0.444. The molecule has 1 saturated heterocycles. The second-order valence-electron chi connectivity index (χ2n) is 10.7. The quantitative estimate of drug-likeness (QED) is 0.428. The van der Waals surface area contributed by atoms with Crippen LogP contribution >= 0.6 is 0 Å². The van der Waals surface area contributed by atoms with Gasteiger partial charge < -0.3 is 18.8 Å². The van der Waals surface area contributed by atoms with Crippen molar-refractivity contribution in [1.82, 2.24) is 0 Å². The summed E-state index contributed by atoms with van der Waals surface area (Å²) in [6.45, 7) is 14.5. The zero-order valence-electron chi connectivity index (χ0n) is 22.2. The molecule has 0 unspecified atom stereocenters. The van der Waals surface area contributed by atoms with Gasteiger partial charge in [-0.3, -0.25) is 4.79 Å². The number of nitrogens with zero attached hydrogens (tertiary/aromatic N) is 2. The number of rotatable bonds is 5. The van der Waals surface area contributed by atoms with Gasteiger partial charge >= 0.3 is 19.2 Å².